The Morgan fingerprint density at radius 1 is 1.26 bits per heavy atom. The van der Waals surface area contributed by atoms with Gasteiger partial charge in [0.05, 0.1) is 23.8 Å². The zero-order valence-electron chi connectivity index (χ0n) is 13.2. The van der Waals surface area contributed by atoms with Gasteiger partial charge in [0.2, 0.25) is 0 Å². The first-order valence-corrected chi connectivity index (χ1v) is 8.87. The Labute approximate surface area is 135 Å². The van der Waals surface area contributed by atoms with E-state index < -0.39 is 10.2 Å². The van der Waals surface area contributed by atoms with Gasteiger partial charge in [0.15, 0.2) is 0 Å². The van der Waals surface area contributed by atoms with Crippen LogP contribution in [-0.2, 0) is 10.2 Å². The average Bonchev–Trinajstić information content (AvgIpc) is 3.09. The first-order chi connectivity index (χ1) is 11.0. The van der Waals surface area contributed by atoms with Crippen LogP contribution in [0, 0.1) is 0 Å². The first-order valence-electron chi connectivity index (χ1n) is 7.47. The van der Waals surface area contributed by atoms with E-state index in [1.165, 1.54) is 8.61 Å². The predicted octanol–water partition coefficient (Wildman–Crippen LogP) is 0.852. The summed E-state index contributed by atoms with van der Waals surface area (Å²) in [6.45, 7) is 0.998. The molecular formula is C14H20N6O2S. The highest BCUT2D eigenvalue weighted by Gasteiger charge is 2.31. The molecule has 0 aromatic carbocycles. The minimum absolute atomic E-state index is 0.0735. The number of hydrogen-bond donors (Lipinski definition) is 1. The zero-order valence-corrected chi connectivity index (χ0v) is 14.0. The van der Waals surface area contributed by atoms with Gasteiger partial charge in [0.25, 0.3) is 10.2 Å². The molecule has 3 heterocycles. The lowest BCUT2D eigenvalue weighted by atomic mass is 9.96. The van der Waals surface area contributed by atoms with E-state index in [0.717, 1.165) is 29.8 Å². The van der Waals surface area contributed by atoms with E-state index in [4.69, 9.17) is 0 Å². The predicted molar refractivity (Wildman–Crippen MR) is 85.8 cm³/mol. The summed E-state index contributed by atoms with van der Waals surface area (Å²) < 4.78 is 27.3. The van der Waals surface area contributed by atoms with E-state index in [1.807, 2.05) is 0 Å². The number of rotatable bonds is 4. The Morgan fingerprint density at radius 3 is 2.70 bits per heavy atom. The minimum Gasteiger partial charge on any atom is -0.285 e. The SMILES string of the molecule is CN(C)S(=O)(=O)N1CCC[C@H](c2cnc(-c3cn[nH]c3)cn2)C1. The summed E-state index contributed by atoms with van der Waals surface area (Å²) in [7, 11) is -0.270. The fraction of sp³-hybridized carbons (Fsp3) is 0.500. The fourth-order valence-electron chi connectivity index (χ4n) is 2.71. The van der Waals surface area contributed by atoms with Crippen LogP contribution in [-0.4, -0.2) is 64.4 Å². The van der Waals surface area contributed by atoms with Gasteiger partial charge in [-0.2, -0.15) is 22.1 Å². The van der Waals surface area contributed by atoms with Gasteiger partial charge >= 0.3 is 0 Å². The molecule has 2 aromatic heterocycles. The molecule has 23 heavy (non-hydrogen) atoms. The highest BCUT2D eigenvalue weighted by atomic mass is 32.2. The van der Waals surface area contributed by atoms with Crippen molar-refractivity contribution in [1.82, 2.24) is 28.8 Å². The lowest BCUT2D eigenvalue weighted by molar-refractivity contribution is 0.296. The van der Waals surface area contributed by atoms with Gasteiger partial charge in [0.1, 0.15) is 0 Å². The minimum atomic E-state index is -3.38. The van der Waals surface area contributed by atoms with E-state index in [9.17, 15) is 8.42 Å². The van der Waals surface area contributed by atoms with Gasteiger partial charge in [-0.3, -0.25) is 15.1 Å². The molecule has 1 N–H and O–H groups in total. The molecule has 1 saturated heterocycles. The number of aromatic nitrogens is 4. The Bertz CT molecular complexity index is 742. The van der Waals surface area contributed by atoms with Gasteiger partial charge in [-0.05, 0) is 12.8 Å². The molecule has 0 unspecified atom stereocenters. The van der Waals surface area contributed by atoms with Crippen molar-refractivity contribution in [3.05, 3.63) is 30.5 Å². The Kier molecular flexibility index (Phi) is 4.42. The van der Waals surface area contributed by atoms with Crippen LogP contribution in [0.2, 0.25) is 0 Å². The maximum absolute atomic E-state index is 12.3. The first kappa shape index (κ1) is 16.0. The molecule has 0 radical (unpaired) electrons. The quantitative estimate of drug-likeness (QED) is 0.893. The molecule has 0 bridgehead atoms. The second-order valence-electron chi connectivity index (χ2n) is 5.80. The molecule has 0 aliphatic carbocycles. The highest BCUT2D eigenvalue weighted by Crippen LogP contribution is 2.27. The molecule has 1 aliphatic rings. The zero-order chi connectivity index (χ0) is 16.4. The van der Waals surface area contributed by atoms with E-state index in [0.29, 0.717) is 13.1 Å². The van der Waals surface area contributed by atoms with Crippen molar-refractivity contribution in [2.45, 2.75) is 18.8 Å². The standard InChI is InChI=1S/C14H20N6O2S/c1-19(2)23(21,22)20-5-3-4-11(10-20)13-8-16-14(9-15-13)12-6-17-18-7-12/h6-9,11H,3-5,10H2,1-2H3,(H,17,18)/t11-/m0/s1. The highest BCUT2D eigenvalue weighted by molar-refractivity contribution is 7.86. The summed E-state index contributed by atoms with van der Waals surface area (Å²) in [4.78, 5) is 8.90. The fourth-order valence-corrected chi connectivity index (χ4v) is 3.90. The Hall–Kier alpha value is -1.84. The van der Waals surface area contributed by atoms with E-state index in [2.05, 4.69) is 20.2 Å². The van der Waals surface area contributed by atoms with Crippen molar-refractivity contribution in [3.63, 3.8) is 0 Å². The second-order valence-corrected chi connectivity index (χ2v) is 7.94. The van der Waals surface area contributed by atoms with Crippen LogP contribution in [0.25, 0.3) is 11.3 Å². The Morgan fingerprint density at radius 2 is 2.09 bits per heavy atom. The lowest BCUT2D eigenvalue weighted by Crippen LogP contribution is -2.45. The summed E-state index contributed by atoms with van der Waals surface area (Å²) in [6.07, 6.45) is 8.63. The normalized spacial score (nSPS) is 20.0. The third-order valence-electron chi connectivity index (χ3n) is 4.06. The number of nitrogens with one attached hydrogen (secondary N) is 1. The molecule has 124 valence electrons. The van der Waals surface area contributed by atoms with Crippen LogP contribution in [0.1, 0.15) is 24.5 Å². The number of nitrogens with zero attached hydrogens (tertiary/aromatic N) is 5. The monoisotopic (exact) mass is 336 g/mol. The molecule has 0 spiro atoms. The van der Waals surface area contributed by atoms with Crippen molar-refractivity contribution in [3.8, 4) is 11.3 Å². The van der Waals surface area contributed by atoms with Crippen molar-refractivity contribution in [2.24, 2.45) is 0 Å². The van der Waals surface area contributed by atoms with Gasteiger partial charge in [-0.1, -0.05) is 0 Å². The molecule has 0 amide bonds. The number of aromatic amines is 1. The smallest absolute Gasteiger partial charge is 0.281 e. The summed E-state index contributed by atoms with van der Waals surface area (Å²) in [5, 5.41) is 6.64. The van der Waals surface area contributed by atoms with Crippen molar-refractivity contribution in [1.29, 1.82) is 0 Å². The average molecular weight is 336 g/mol. The second kappa shape index (κ2) is 6.34. The van der Waals surface area contributed by atoms with Crippen LogP contribution >= 0.6 is 0 Å². The largest absolute Gasteiger partial charge is 0.285 e. The molecule has 2 aromatic rings. The van der Waals surface area contributed by atoms with Crippen molar-refractivity contribution in [2.75, 3.05) is 27.2 Å². The van der Waals surface area contributed by atoms with Gasteiger partial charge < -0.3 is 0 Å². The third-order valence-corrected chi connectivity index (χ3v) is 5.96. The summed E-state index contributed by atoms with van der Waals surface area (Å²) in [5.74, 6) is 0.0735. The summed E-state index contributed by atoms with van der Waals surface area (Å²) >= 11 is 0. The topological polar surface area (TPSA) is 95.1 Å². The summed E-state index contributed by atoms with van der Waals surface area (Å²) in [5.41, 5.74) is 2.46. The number of piperidine rings is 1. The van der Waals surface area contributed by atoms with Crippen LogP contribution in [0.3, 0.4) is 0 Å². The molecule has 3 rings (SSSR count). The van der Waals surface area contributed by atoms with Gasteiger partial charge in [-0.25, -0.2) is 0 Å². The van der Waals surface area contributed by atoms with Crippen LogP contribution in [0.15, 0.2) is 24.8 Å². The third kappa shape index (κ3) is 3.26. The maximum atomic E-state index is 12.3. The molecule has 0 saturated carbocycles. The molecular weight excluding hydrogens is 316 g/mol. The molecule has 9 heteroatoms. The number of hydrogen-bond acceptors (Lipinski definition) is 5. The molecule has 1 fully saturated rings. The van der Waals surface area contributed by atoms with Gasteiger partial charge in [0, 0.05) is 51.1 Å². The summed E-state index contributed by atoms with van der Waals surface area (Å²) in [6, 6.07) is 0. The lowest BCUT2D eigenvalue weighted by Gasteiger charge is -2.33. The van der Waals surface area contributed by atoms with Gasteiger partial charge in [-0.15, -0.1) is 0 Å². The molecule has 1 atom stereocenters. The Balaban J connectivity index is 1.77. The van der Waals surface area contributed by atoms with E-state index >= 15 is 0 Å². The number of H-pyrrole nitrogens is 1. The molecule has 8 nitrogen and oxygen atoms in total. The van der Waals surface area contributed by atoms with Crippen LogP contribution in [0.4, 0.5) is 0 Å². The van der Waals surface area contributed by atoms with E-state index in [-0.39, 0.29) is 5.92 Å². The van der Waals surface area contributed by atoms with Crippen molar-refractivity contribution < 1.29 is 8.42 Å². The van der Waals surface area contributed by atoms with Crippen LogP contribution in [0.5, 0.6) is 0 Å². The van der Waals surface area contributed by atoms with Crippen LogP contribution < -0.4 is 0 Å². The van der Waals surface area contributed by atoms with Crippen molar-refractivity contribution >= 4 is 10.2 Å². The molecule has 1 aliphatic heterocycles. The van der Waals surface area contributed by atoms with E-state index in [1.54, 1.807) is 38.9 Å². The maximum Gasteiger partial charge on any atom is 0.281 e.